The highest BCUT2D eigenvalue weighted by molar-refractivity contribution is 5.98. The van der Waals surface area contributed by atoms with Gasteiger partial charge >= 0.3 is 6.09 Å². The van der Waals surface area contributed by atoms with Crippen molar-refractivity contribution in [2.75, 3.05) is 19.0 Å². The number of hydrogen-bond donors (Lipinski definition) is 2. The molecule has 0 fully saturated rings. The van der Waals surface area contributed by atoms with E-state index in [4.69, 9.17) is 14.2 Å². The molecule has 0 spiro atoms. The number of fused-ring (bicyclic) bond motifs is 1. The van der Waals surface area contributed by atoms with Crippen LogP contribution in [0.2, 0.25) is 0 Å². The van der Waals surface area contributed by atoms with Gasteiger partial charge in [-0.25, -0.2) is 4.79 Å². The van der Waals surface area contributed by atoms with Crippen LogP contribution < -0.4 is 15.4 Å². The summed E-state index contributed by atoms with van der Waals surface area (Å²) >= 11 is 0. The minimum absolute atomic E-state index is 0.00672. The Balaban J connectivity index is 1.72. The van der Waals surface area contributed by atoms with Gasteiger partial charge in [0.2, 0.25) is 5.91 Å². The monoisotopic (exact) mass is 454 g/mol. The van der Waals surface area contributed by atoms with Crippen LogP contribution in [0.3, 0.4) is 0 Å². The molecule has 7 heteroatoms. The van der Waals surface area contributed by atoms with Crippen LogP contribution in [-0.4, -0.2) is 37.4 Å². The van der Waals surface area contributed by atoms with Crippen molar-refractivity contribution in [2.24, 2.45) is 0 Å². The number of carbonyl (C=O) groups excluding carboxylic acids is 2. The highest BCUT2D eigenvalue weighted by Crippen LogP contribution is 2.32. The summed E-state index contributed by atoms with van der Waals surface area (Å²) in [6.45, 7) is 5.62. The second-order valence-electron chi connectivity index (χ2n) is 9.22. The fraction of sp³-hybridized carbons (Fsp3) is 0.462. The largest absolute Gasteiger partial charge is 0.495 e. The standard InChI is InChI=1S/C26H34N2O5/c1-26(2,3)33-25(30)28-22(17-32-16-18-10-6-5-7-11-18)24(29)27-21-14-19-12-8-9-13-20(19)15-23(21)31-4/h5-7,10-11,14-15,22H,8-9,12-13,16-17H2,1-4H3,(H,27,29)(H,28,30)/t22-/m0/s1. The number of benzene rings is 2. The van der Waals surface area contributed by atoms with Crippen molar-refractivity contribution in [3.63, 3.8) is 0 Å². The maximum Gasteiger partial charge on any atom is 0.408 e. The first-order valence-electron chi connectivity index (χ1n) is 11.4. The second-order valence-corrected chi connectivity index (χ2v) is 9.22. The molecular formula is C26H34N2O5. The first kappa shape index (κ1) is 24.6. The number of alkyl carbamates (subject to hydrolysis) is 1. The molecule has 0 aromatic heterocycles. The zero-order chi connectivity index (χ0) is 23.8. The molecule has 0 saturated carbocycles. The molecule has 1 atom stereocenters. The fourth-order valence-corrected chi connectivity index (χ4v) is 3.75. The predicted molar refractivity (Wildman–Crippen MR) is 128 cm³/mol. The van der Waals surface area contributed by atoms with Gasteiger partial charge in [-0.05, 0) is 75.3 Å². The van der Waals surface area contributed by atoms with Crippen LogP contribution in [0.25, 0.3) is 0 Å². The lowest BCUT2D eigenvalue weighted by molar-refractivity contribution is -0.119. The third-order valence-corrected chi connectivity index (χ3v) is 5.33. The highest BCUT2D eigenvalue weighted by atomic mass is 16.6. The van der Waals surface area contributed by atoms with E-state index in [0.717, 1.165) is 31.2 Å². The predicted octanol–water partition coefficient (Wildman–Crippen LogP) is 4.62. The Morgan fingerprint density at radius 1 is 1.03 bits per heavy atom. The number of anilines is 1. The smallest absolute Gasteiger partial charge is 0.408 e. The molecule has 0 saturated heterocycles. The molecule has 1 aliphatic rings. The number of carbonyl (C=O) groups is 2. The summed E-state index contributed by atoms with van der Waals surface area (Å²) in [6, 6.07) is 12.7. The summed E-state index contributed by atoms with van der Waals surface area (Å²) < 4.78 is 16.6. The SMILES string of the molecule is COc1cc2c(cc1NC(=O)[C@H](COCc1ccccc1)NC(=O)OC(C)(C)C)CCCC2. The van der Waals surface area contributed by atoms with Crippen molar-refractivity contribution >= 4 is 17.7 Å². The fourth-order valence-electron chi connectivity index (χ4n) is 3.75. The molecule has 0 unspecified atom stereocenters. The van der Waals surface area contributed by atoms with Gasteiger partial charge in [-0.1, -0.05) is 30.3 Å². The number of hydrogen-bond acceptors (Lipinski definition) is 5. The van der Waals surface area contributed by atoms with E-state index in [2.05, 4.69) is 10.6 Å². The molecule has 0 heterocycles. The van der Waals surface area contributed by atoms with Gasteiger partial charge in [-0.3, -0.25) is 4.79 Å². The number of ether oxygens (including phenoxy) is 3. The van der Waals surface area contributed by atoms with Gasteiger partial charge in [0.25, 0.3) is 0 Å². The Bertz CT molecular complexity index is 953. The number of methoxy groups -OCH3 is 1. The zero-order valence-corrected chi connectivity index (χ0v) is 19.9. The van der Waals surface area contributed by atoms with Crippen molar-refractivity contribution in [2.45, 2.75) is 64.7 Å². The summed E-state index contributed by atoms with van der Waals surface area (Å²) in [5, 5.41) is 5.55. The van der Waals surface area contributed by atoms with Crippen molar-refractivity contribution in [3.05, 3.63) is 59.2 Å². The molecule has 2 amide bonds. The Kier molecular flexibility index (Phi) is 8.33. The molecule has 0 radical (unpaired) electrons. The number of aryl methyl sites for hydroxylation is 2. The van der Waals surface area contributed by atoms with Gasteiger partial charge in [-0.15, -0.1) is 0 Å². The number of amides is 2. The summed E-state index contributed by atoms with van der Waals surface area (Å²) in [5.74, 6) is 0.202. The van der Waals surface area contributed by atoms with E-state index in [9.17, 15) is 9.59 Å². The number of nitrogens with one attached hydrogen (secondary N) is 2. The second kappa shape index (κ2) is 11.2. The summed E-state index contributed by atoms with van der Waals surface area (Å²) in [4.78, 5) is 25.6. The minimum atomic E-state index is -0.940. The lowest BCUT2D eigenvalue weighted by Gasteiger charge is -2.24. The molecule has 178 valence electrons. The van der Waals surface area contributed by atoms with E-state index in [0.29, 0.717) is 18.0 Å². The van der Waals surface area contributed by atoms with Crippen molar-refractivity contribution in [1.29, 1.82) is 0 Å². The topological polar surface area (TPSA) is 85.9 Å². The van der Waals surface area contributed by atoms with E-state index in [1.54, 1.807) is 27.9 Å². The summed E-state index contributed by atoms with van der Waals surface area (Å²) in [7, 11) is 1.58. The van der Waals surface area contributed by atoms with Crippen LogP contribution in [-0.2, 0) is 33.7 Å². The van der Waals surface area contributed by atoms with Gasteiger partial charge in [-0.2, -0.15) is 0 Å². The third-order valence-electron chi connectivity index (χ3n) is 5.33. The first-order valence-corrected chi connectivity index (χ1v) is 11.4. The normalized spacial score (nSPS) is 14.1. The van der Waals surface area contributed by atoms with Gasteiger partial charge in [0.1, 0.15) is 17.4 Å². The molecule has 2 N–H and O–H groups in total. The molecule has 3 rings (SSSR count). The van der Waals surface area contributed by atoms with Crippen molar-refractivity contribution < 1.29 is 23.8 Å². The average Bonchev–Trinajstić information content (AvgIpc) is 2.77. The van der Waals surface area contributed by atoms with Gasteiger partial charge in [0.05, 0.1) is 26.0 Å². The molecule has 2 aromatic carbocycles. The third kappa shape index (κ3) is 7.49. The molecule has 0 bridgehead atoms. The van der Waals surface area contributed by atoms with Gasteiger partial charge in [0.15, 0.2) is 0 Å². The Hall–Kier alpha value is -3.06. The van der Waals surface area contributed by atoms with Crippen LogP contribution in [0.15, 0.2) is 42.5 Å². The summed E-state index contributed by atoms with van der Waals surface area (Å²) in [5.41, 5.74) is 3.35. The van der Waals surface area contributed by atoms with Gasteiger partial charge in [0, 0.05) is 0 Å². The van der Waals surface area contributed by atoms with E-state index >= 15 is 0 Å². The average molecular weight is 455 g/mol. The maximum atomic E-state index is 13.2. The van der Waals surface area contributed by atoms with E-state index in [1.165, 1.54) is 11.1 Å². The highest BCUT2D eigenvalue weighted by Gasteiger charge is 2.26. The van der Waals surface area contributed by atoms with E-state index < -0.39 is 23.6 Å². The zero-order valence-electron chi connectivity index (χ0n) is 19.9. The molecule has 0 aliphatic heterocycles. The van der Waals surface area contributed by atoms with Crippen LogP contribution in [0.1, 0.15) is 50.3 Å². The van der Waals surface area contributed by atoms with Crippen LogP contribution in [0.5, 0.6) is 5.75 Å². The van der Waals surface area contributed by atoms with Crippen LogP contribution in [0, 0.1) is 0 Å². The maximum absolute atomic E-state index is 13.2. The minimum Gasteiger partial charge on any atom is -0.495 e. The Morgan fingerprint density at radius 3 is 2.33 bits per heavy atom. The Labute approximate surface area is 195 Å². The van der Waals surface area contributed by atoms with Crippen molar-refractivity contribution in [1.82, 2.24) is 5.32 Å². The van der Waals surface area contributed by atoms with Crippen LogP contribution in [0.4, 0.5) is 10.5 Å². The lowest BCUT2D eigenvalue weighted by Crippen LogP contribution is -2.48. The quantitative estimate of drug-likeness (QED) is 0.608. The van der Waals surface area contributed by atoms with Crippen molar-refractivity contribution in [3.8, 4) is 5.75 Å². The van der Waals surface area contributed by atoms with E-state index in [-0.39, 0.29) is 6.61 Å². The first-order chi connectivity index (χ1) is 15.7. The summed E-state index contributed by atoms with van der Waals surface area (Å²) in [6.07, 6.45) is 3.59. The Morgan fingerprint density at radius 2 is 1.70 bits per heavy atom. The molecule has 33 heavy (non-hydrogen) atoms. The number of rotatable bonds is 8. The molecule has 2 aromatic rings. The lowest BCUT2D eigenvalue weighted by atomic mass is 9.91. The van der Waals surface area contributed by atoms with E-state index in [1.807, 2.05) is 42.5 Å². The van der Waals surface area contributed by atoms with Crippen LogP contribution >= 0.6 is 0 Å². The molecular weight excluding hydrogens is 420 g/mol. The molecule has 1 aliphatic carbocycles. The van der Waals surface area contributed by atoms with Gasteiger partial charge < -0.3 is 24.8 Å². The molecule has 7 nitrogen and oxygen atoms in total.